The van der Waals surface area contributed by atoms with Gasteiger partial charge in [0.2, 0.25) is 0 Å². The van der Waals surface area contributed by atoms with E-state index in [1.807, 2.05) is 0 Å². The summed E-state index contributed by atoms with van der Waals surface area (Å²) in [4.78, 5) is 4.73. The molecule has 1 aromatic carbocycles. The molecule has 0 spiro atoms. The summed E-state index contributed by atoms with van der Waals surface area (Å²) < 4.78 is 5.93. The summed E-state index contributed by atoms with van der Waals surface area (Å²) in [5.74, 6) is 1.01. The third-order valence-corrected chi connectivity index (χ3v) is 4.25. The standard InChI is InChI=1S/C18H30N2O/c1-4-16-15-17(9-10-18(16)19(2)3)21-14-8-13-20-11-6-5-7-12-20/h9-10,15H,4-8,11-14H2,1-3H3. The molecule has 1 fully saturated rings. The Bertz CT molecular complexity index is 425. The van der Waals surface area contributed by atoms with E-state index in [0.29, 0.717) is 0 Å². The molecule has 0 saturated carbocycles. The van der Waals surface area contributed by atoms with Gasteiger partial charge in [-0.1, -0.05) is 13.3 Å². The summed E-state index contributed by atoms with van der Waals surface area (Å²) >= 11 is 0. The van der Waals surface area contributed by atoms with E-state index in [2.05, 4.69) is 49.0 Å². The average Bonchev–Trinajstić information content (AvgIpc) is 2.52. The van der Waals surface area contributed by atoms with Gasteiger partial charge in [0.1, 0.15) is 5.75 Å². The molecule has 3 heteroatoms. The highest BCUT2D eigenvalue weighted by Gasteiger charge is 2.09. The minimum atomic E-state index is 0.820. The molecule has 21 heavy (non-hydrogen) atoms. The molecule has 2 rings (SSSR count). The number of benzene rings is 1. The molecule has 0 aromatic heterocycles. The first-order chi connectivity index (χ1) is 10.2. The maximum absolute atomic E-state index is 5.93. The van der Waals surface area contributed by atoms with Crippen LogP contribution in [0.15, 0.2) is 18.2 Å². The lowest BCUT2D eigenvalue weighted by molar-refractivity contribution is 0.205. The third-order valence-electron chi connectivity index (χ3n) is 4.25. The zero-order valence-corrected chi connectivity index (χ0v) is 13.9. The largest absolute Gasteiger partial charge is 0.494 e. The van der Waals surface area contributed by atoms with E-state index in [1.54, 1.807) is 0 Å². The van der Waals surface area contributed by atoms with Crippen LogP contribution < -0.4 is 9.64 Å². The summed E-state index contributed by atoms with van der Waals surface area (Å²) in [7, 11) is 4.18. The molecule has 118 valence electrons. The number of anilines is 1. The van der Waals surface area contributed by atoms with Gasteiger partial charge < -0.3 is 14.5 Å². The van der Waals surface area contributed by atoms with Crippen molar-refractivity contribution in [3.8, 4) is 5.75 Å². The van der Waals surface area contributed by atoms with Crippen LogP contribution in [0.5, 0.6) is 5.75 Å². The molecule has 1 aliphatic heterocycles. The Morgan fingerprint density at radius 3 is 2.57 bits per heavy atom. The maximum atomic E-state index is 5.93. The molecule has 0 N–H and O–H groups in total. The quantitative estimate of drug-likeness (QED) is 0.714. The van der Waals surface area contributed by atoms with Crippen molar-refractivity contribution >= 4 is 5.69 Å². The van der Waals surface area contributed by atoms with Crippen molar-refractivity contribution in [2.24, 2.45) is 0 Å². The Kier molecular flexibility index (Phi) is 6.37. The minimum absolute atomic E-state index is 0.820. The van der Waals surface area contributed by atoms with E-state index in [4.69, 9.17) is 4.74 Å². The van der Waals surface area contributed by atoms with Gasteiger partial charge in [-0.25, -0.2) is 0 Å². The SMILES string of the molecule is CCc1cc(OCCCN2CCCCC2)ccc1N(C)C. The second kappa shape index (κ2) is 8.28. The number of rotatable bonds is 7. The Hall–Kier alpha value is -1.22. The molecule has 0 amide bonds. The van der Waals surface area contributed by atoms with Crippen molar-refractivity contribution < 1.29 is 4.74 Å². The highest BCUT2D eigenvalue weighted by atomic mass is 16.5. The lowest BCUT2D eigenvalue weighted by Gasteiger charge is -2.26. The second-order valence-electron chi connectivity index (χ2n) is 6.14. The summed E-state index contributed by atoms with van der Waals surface area (Å²) in [5.41, 5.74) is 2.65. The number of hydrogen-bond donors (Lipinski definition) is 0. The van der Waals surface area contributed by atoms with Crippen LogP contribution in [0.2, 0.25) is 0 Å². The van der Waals surface area contributed by atoms with Crippen molar-refractivity contribution in [3.63, 3.8) is 0 Å². The van der Waals surface area contributed by atoms with Gasteiger partial charge >= 0.3 is 0 Å². The highest BCUT2D eigenvalue weighted by Crippen LogP contribution is 2.24. The van der Waals surface area contributed by atoms with E-state index in [1.165, 1.54) is 50.1 Å². The molecule has 0 bridgehead atoms. The predicted molar refractivity (Wildman–Crippen MR) is 90.6 cm³/mol. The van der Waals surface area contributed by atoms with E-state index >= 15 is 0 Å². The molecule has 1 aliphatic rings. The predicted octanol–water partition coefficient (Wildman–Crippen LogP) is 3.57. The van der Waals surface area contributed by atoms with Crippen molar-refractivity contribution in [1.29, 1.82) is 0 Å². The molecule has 1 aromatic rings. The number of likely N-dealkylation sites (tertiary alicyclic amines) is 1. The van der Waals surface area contributed by atoms with Crippen LogP contribution in [0.1, 0.15) is 38.2 Å². The van der Waals surface area contributed by atoms with E-state index in [0.717, 1.165) is 25.2 Å². The average molecular weight is 290 g/mol. The summed E-state index contributed by atoms with van der Waals surface area (Å²) in [6, 6.07) is 6.45. The minimum Gasteiger partial charge on any atom is -0.494 e. The Morgan fingerprint density at radius 1 is 1.14 bits per heavy atom. The zero-order chi connectivity index (χ0) is 15.1. The Balaban J connectivity index is 1.77. The number of ether oxygens (including phenoxy) is 1. The first-order valence-corrected chi connectivity index (χ1v) is 8.36. The molecule has 0 atom stereocenters. The smallest absolute Gasteiger partial charge is 0.119 e. The third kappa shape index (κ3) is 4.92. The van der Waals surface area contributed by atoms with Crippen LogP contribution in [-0.2, 0) is 6.42 Å². The normalized spacial score (nSPS) is 16.0. The zero-order valence-electron chi connectivity index (χ0n) is 13.9. The van der Waals surface area contributed by atoms with Crippen LogP contribution in [0.25, 0.3) is 0 Å². The maximum Gasteiger partial charge on any atom is 0.119 e. The number of piperidine rings is 1. The number of hydrogen-bond acceptors (Lipinski definition) is 3. The highest BCUT2D eigenvalue weighted by molar-refractivity contribution is 5.55. The second-order valence-corrected chi connectivity index (χ2v) is 6.14. The van der Waals surface area contributed by atoms with Gasteiger partial charge in [0.25, 0.3) is 0 Å². The molecule has 0 radical (unpaired) electrons. The van der Waals surface area contributed by atoms with Gasteiger partial charge in [0, 0.05) is 26.3 Å². The fraction of sp³-hybridized carbons (Fsp3) is 0.667. The van der Waals surface area contributed by atoms with Crippen LogP contribution in [0.4, 0.5) is 5.69 Å². The summed E-state index contributed by atoms with van der Waals surface area (Å²) in [5, 5.41) is 0. The van der Waals surface area contributed by atoms with Crippen LogP contribution >= 0.6 is 0 Å². The van der Waals surface area contributed by atoms with Crippen LogP contribution in [-0.4, -0.2) is 45.2 Å². The topological polar surface area (TPSA) is 15.7 Å². The first-order valence-electron chi connectivity index (χ1n) is 8.36. The lowest BCUT2D eigenvalue weighted by Crippen LogP contribution is -2.31. The van der Waals surface area contributed by atoms with Gasteiger partial charge in [-0.15, -0.1) is 0 Å². The molecule has 3 nitrogen and oxygen atoms in total. The molecule has 1 saturated heterocycles. The fourth-order valence-corrected chi connectivity index (χ4v) is 3.03. The van der Waals surface area contributed by atoms with Gasteiger partial charge in [0.05, 0.1) is 6.61 Å². The van der Waals surface area contributed by atoms with Crippen molar-refractivity contribution in [1.82, 2.24) is 4.90 Å². The summed E-state index contributed by atoms with van der Waals surface area (Å²) in [6.45, 7) is 6.74. The van der Waals surface area contributed by atoms with Gasteiger partial charge in [0.15, 0.2) is 0 Å². The molecule has 0 aliphatic carbocycles. The Labute approximate surface area is 129 Å². The van der Waals surface area contributed by atoms with Gasteiger partial charge in [-0.3, -0.25) is 0 Å². The fourth-order valence-electron chi connectivity index (χ4n) is 3.03. The first kappa shape index (κ1) is 16.2. The number of nitrogens with zero attached hydrogens (tertiary/aromatic N) is 2. The van der Waals surface area contributed by atoms with Crippen molar-refractivity contribution in [2.75, 3.05) is 45.2 Å². The van der Waals surface area contributed by atoms with Crippen molar-refractivity contribution in [2.45, 2.75) is 39.0 Å². The molecule has 1 heterocycles. The summed E-state index contributed by atoms with van der Waals surface area (Å²) in [6.07, 6.45) is 6.31. The molecular weight excluding hydrogens is 260 g/mol. The van der Waals surface area contributed by atoms with E-state index in [-0.39, 0.29) is 0 Å². The van der Waals surface area contributed by atoms with Crippen molar-refractivity contribution in [3.05, 3.63) is 23.8 Å². The van der Waals surface area contributed by atoms with E-state index in [9.17, 15) is 0 Å². The number of aryl methyl sites for hydroxylation is 1. The van der Waals surface area contributed by atoms with Gasteiger partial charge in [-0.2, -0.15) is 0 Å². The van der Waals surface area contributed by atoms with Gasteiger partial charge in [-0.05, 0) is 62.5 Å². The Morgan fingerprint density at radius 2 is 1.90 bits per heavy atom. The lowest BCUT2D eigenvalue weighted by atomic mass is 10.1. The monoisotopic (exact) mass is 290 g/mol. The molecular formula is C18H30N2O. The van der Waals surface area contributed by atoms with Crippen LogP contribution in [0, 0.1) is 0 Å². The molecule has 0 unspecified atom stereocenters. The van der Waals surface area contributed by atoms with E-state index < -0.39 is 0 Å². The van der Waals surface area contributed by atoms with Crippen LogP contribution in [0.3, 0.4) is 0 Å².